The molecule has 1 aromatic carbocycles. The first-order chi connectivity index (χ1) is 9.77. The number of hydrogen-bond acceptors (Lipinski definition) is 3. The van der Waals surface area contributed by atoms with Gasteiger partial charge in [0.2, 0.25) is 0 Å². The van der Waals surface area contributed by atoms with Crippen molar-refractivity contribution in [3.63, 3.8) is 0 Å². The van der Waals surface area contributed by atoms with Gasteiger partial charge < -0.3 is 0 Å². The fourth-order valence-corrected chi connectivity index (χ4v) is 1.95. The molecule has 1 heterocycles. The molecule has 2 aromatic rings. The Hall–Kier alpha value is -1.90. The Morgan fingerprint density at radius 3 is 2.38 bits per heavy atom. The molecule has 0 fully saturated rings. The number of benzene rings is 1. The lowest BCUT2D eigenvalue weighted by molar-refractivity contribution is -0.137. The molecule has 0 saturated carbocycles. The van der Waals surface area contributed by atoms with E-state index in [1.165, 1.54) is 12.1 Å². The molecule has 1 aromatic heterocycles. The highest BCUT2D eigenvalue weighted by Crippen LogP contribution is 2.29. The second-order valence-electron chi connectivity index (χ2n) is 4.22. The van der Waals surface area contributed by atoms with Crippen LogP contribution >= 0.6 is 15.9 Å². The molecule has 0 bridgehead atoms. The van der Waals surface area contributed by atoms with Crippen LogP contribution in [0.1, 0.15) is 11.1 Å². The largest absolute Gasteiger partial charge is 0.416 e. The van der Waals surface area contributed by atoms with Gasteiger partial charge in [-0.25, -0.2) is 9.48 Å². The van der Waals surface area contributed by atoms with Gasteiger partial charge in [0.25, 0.3) is 5.56 Å². The topological polar surface area (TPSA) is 67.8 Å². The number of rotatable bonds is 3. The standard InChI is InChI=1S/C12H9BrF3N3O2/c13-9-10(20)17-11(21)19(18-9)6-5-7-1-3-8(4-2-7)12(14,15)16/h1-4H,5-6H2,(H,17,20,21). The Bertz CT molecular complexity index is 750. The number of aromatic nitrogens is 3. The molecule has 2 rings (SSSR count). The van der Waals surface area contributed by atoms with Crippen LogP contribution in [-0.4, -0.2) is 14.8 Å². The molecule has 0 unspecified atom stereocenters. The summed E-state index contributed by atoms with van der Waals surface area (Å²) in [6.45, 7) is 0.138. The number of alkyl halides is 3. The molecule has 0 spiro atoms. The van der Waals surface area contributed by atoms with Crippen molar-refractivity contribution in [2.45, 2.75) is 19.1 Å². The lowest BCUT2D eigenvalue weighted by Crippen LogP contribution is -2.33. The molecule has 1 N–H and O–H groups in total. The van der Waals surface area contributed by atoms with Gasteiger partial charge in [0, 0.05) is 0 Å². The van der Waals surface area contributed by atoms with E-state index < -0.39 is 23.0 Å². The summed E-state index contributed by atoms with van der Waals surface area (Å²) in [6, 6.07) is 4.64. The first-order valence-corrected chi connectivity index (χ1v) is 6.60. The molecule has 21 heavy (non-hydrogen) atoms. The van der Waals surface area contributed by atoms with Crippen molar-refractivity contribution in [2.75, 3.05) is 0 Å². The van der Waals surface area contributed by atoms with Gasteiger partial charge in [0.1, 0.15) is 0 Å². The van der Waals surface area contributed by atoms with Gasteiger partial charge in [-0.2, -0.15) is 18.3 Å². The number of nitrogens with one attached hydrogen (secondary N) is 1. The minimum Gasteiger partial charge on any atom is -0.270 e. The molecule has 0 aliphatic carbocycles. The first kappa shape index (κ1) is 15.5. The highest BCUT2D eigenvalue weighted by molar-refractivity contribution is 9.10. The van der Waals surface area contributed by atoms with Crippen molar-refractivity contribution in [3.8, 4) is 0 Å². The fourth-order valence-electron chi connectivity index (χ4n) is 1.66. The van der Waals surface area contributed by atoms with Gasteiger partial charge in [0.05, 0.1) is 12.1 Å². The second-order valence-corrected chi connectivity index (χ2v) is 4.97. The highest BCUT2D eigenvalue weighted by atomic mass is 79.9. The van der Waals surface area contributed by atoms with Crippen molar-refractivity contribution >= 4 is 15.9 Å². The molecule has 0 aliphatic rings. The van der Waals surface area contributed by atoms with Crippen LogP contribution in [0, 0.1) is 0 Å². The minimum atomic E-state index is -4.37. The Morgan fingerprint density at radius 2 is 1.81 bits per heavy atom. The summed E-state index contributed by atoms with van der Waals surface area (Å²) < 4.78 is 38.2. The third-order valence-corrected chi connectivity index (χ3v) is 3.26. The molecule has 0 aliphatic heterocycles. The molecule has 112 valence electrons. The van der Waals surface area contributed by atoms with Crippen LogP contribution in [0.25, 0.3) is 0 Å². The number of hydrogen-bond donors (Lipinski definition) is 1. The predicted molar refractivity (Wildman–Crippen MR) is 72.0 cm³/mol. The van der Waals surface area contributed by atoms with Crippen LogP contribution in [0.4, 0.5) is 13.2 Å². The zero-order chi connectivity index (χ0) is 15.6. The summed E-state index contributed by atoms with van der Waals surface area (Å²) >= 11 is 2.90. The van der Waals surface area contributed by atoms with Crippen molar-refractivity contribution in [2.24, 2.45) is 0 Å². The minimum absolute atomic E-state index is 0.0329. The SMILES string of the molecule is O=c1[nH]c(=O)n(CCc2ccc(C(F)(F)F)cc2)nc1Br. The normalized spacial score (nSPS) is 11.6. The summed E-state index contributed by atoms with van der Waals surface area (Å²) in [4.78, 5) is 24.7. The quantitative estimate of drug-likeness (QED) is 0.906. The maximum Gasteiger partial charge on any atom is 0.416 e. The van der Waals surface area contributed by atoms with Crippen molar-refractivity contribution in [1.29, 1.82) is 0 Å². The van der Waals surface area contributed by atoms with Crippen LogP contribution in [-0.2, 0) is 19.1 Å². The first-order valence-electron chi connectivity index (χ1n) is 5.80. The lowest BCUT2D eigenvalue weighted by atomic mass is 10.1. The molecule has 0 atom stereocenters. The van der Waals surface area contributed by atoms with E-state index in [0.29, 0.717) is 12.0 Å². The maximum absolute atomic E-state index is 12.4. The zero-order valence-corrected chi connectivity index (χ0v) is 12.0. The van der Waals surface area contributed by atoms with Crippen LogP contribution in [0.5, 0.6) is 0 Å². The Morgan fingerprint density at radius 1 is 1.19 bits per heavy atom. The average molecular weight is 364 g/mol. The summed E-state index contributed by atoms with van der Waals surface area (Å²) in [5, 5.41) is 3.74. The van der Waals surface area contributed by atoms with E-state index in [9.17, 15) is 22.8 Å². The highest BCUT2D eigenvalue weighted by Gasteiger charge is 2.29. The molecular weight excluding hydrogens is 355 g/mol. The summed E-state index contributed by atoms with van der Waals surface area (Å²) in [5.41, 5.74) is -1.41. The van der Waals surface area contributed by atoms with Gasteiger partial charge in [-0.05, 0) is 40.0 Å². The molecule has 9 heteroatoms. The predicted octanol–water partition coefficient (Wildman–Crippen LogP) is 1.96. The molecule has 0 amide bonds. The van der Waals surface area contributed by atoms with Gasteiger partial charge in [0.15, 0.2) is 4.60 Å². The average Bonchev–Trinajstić information content (AvgIpc) is 2.41. The van der Waals surface area contributed by atoms with E-state index in [4.69, 9.17) is 0 Å². The summed E-state index contributed by atoms with van der Waals surface area (Å²) in [6.07, 6.45) is -4.07. The smallest absolute Gasteiger partial charge is 0.270 e. The molecule has 0 saturated heterocycles. The Balaban J connectivity index is 2.12. The van der Waals surface area contributed by atoms with E-state index in [0.717, 1.165) is 16.8 Å². The Labute approximate surface area is 124 Å². The van der Waals surface area contributed by atoms with Crippen molar-refractivity contribution < 1.29 is 13.2 Å². The number of aromatic amines is 1. The van der Waals surface area contributed by atoms with E-state index in [-0.39, 0.29) is 11.1 Å². The van der Waals surface area contributed by atoms with E-state index in [1.54, 1.807) is 0 Å². The summed E-state index contributed by atoms with van der Waals surface area (Å²) in [5.74, 6) is 0. The number of halogens is 4. The lowest BCUT2D eigenvalue weighted by Gasteiger charge is -2.08. The molecule has 5 nitrogen and oxygen atoms in total. The Kier molecular flexibility index (Phi) is 4.31. The van der Waals surface area contributed by atoms with E-state index >= 15 is 0 Å². The molecular formula is C12H9BrF3N3O2. The van der Waals surface area contributed by atoms with Crippen molar-refractivity contribution in [1.82, 2.24) is 14.8 Å². The number of aryl methyl sites for hydroxylation is 2. The third kappa shape index (κ3) is 3.81. The van der Waals surface area contributed by atoms with Gasteiger partial charge in [-0.3, -0.25) is 9.78 Å². The number of H-pyrrole nitrogens is 1. The summed E-state index contributed by atoms with van der Waals surface area (Å²) in [7, 11) is 0. The van der Waals surface area contributed by atoms with E-state index in [2.05, 4.69) is 26.0 Å². The van der Waals surface area contributed by atoms with E-state index in [1.807, 2.05) is 0 Å². The monoisotopic (exact) mass is 363 g/mol. The van der Waals surface area contributed by atoms with Gasteiger partial charge in [-0.15, -0.1) is 0 Å². The maximum atomic E-state index is 12.4. The fraction of sp³-hybridized carbons (Fsp3) is 0.250. The third-order valence-electron chi connectivity index (χ3n) is 2.74. The van der Waals surface area contributed by atoms with Crippen LogP contribution in [0.2, 0.25) is 0 Å². The van der Waals surface area contributed by atoms with Crippen LogP contribution < -0.4 is 11.2 Å². The molecule has 0 radical (unpaired) electrons. The second kappa shape index (κ2) is 5.84. The zero-order valence-electron chi connectivity index (χ0n) is 10.4. The van der Waals surface area contributed by atoms with Crippen molar-refractivity contribution in [3.05, 3.63) is 60.8 Å². The van der Waals surface area contributed by atoms with Crippen LogP contribution in [0.3, 0.4) is 0 Å². The van der Waals surface area contributed by atoms with Gasteiger partial charge in [-0.1, -0.05) is 12.1 Å². The van der Waals surface area contributed by atoms with Gasteiger partial charge >= 0.3 is 11.9 Å². The number of nitrogens with zero attached hydrogens (tertiary/aromatic N) is 2. The van der Waals surface area contributed by atoms with Crippen LogP contribution in [0.15, 0.2) is 38.5 Å².